The van der Waals surface area contributed by atoms with Gasteiger partial charge in [0.25, 0.3) is 5.88 Å². The van der Waals surface area contributed by atoms with Gasteiger partial charge >= 0.3 is 0 Å². The number of pyridine rings is 1. The third kappa shape index (κ3) is 2.96. The minimum atomic E-state index is -0.619. The Labute approximate surface area is 118 Å². The van der Waals surface area contributed by atoms with Gasteiger partial charge in [-0.15, -0.1) is 0 Å². The summed E-state index contributed by atoms with van der Waals surface area (Å²) in [6.45, 7) is 5.66. The van der Waals surface area contributed by atoms with Gasteiger partial charge < -0.3 is 9.84 Å². The molecule has 0 radical (unpaired) electrons. The zero-order valence-electron chi connectivity index (χ0n) is 11.9. The molecular formula is C16H18FNO2. The summed E-state index contributed by atoms with van der Waals surface area (Å²) in [5, 5.41) is 9.07. The summed E-state index contributed by atoms with van der Waals surface area (Å²) >= 11 is 0. The van der Waals surface area contributed by atoms with E-state index in [1.54, 1.807) is 0 Å². The number of rotatable bonds is 4. The quantitative estimate of drug-likeness (QED) is 0.919. The van der Waals surface area contributed by atoms with E-state index in [1.165, 1.54) is 12.3 Å². The average molecular weight is 275 g/mol. The summed E-state index contributed by atoms with van der Waals surface area (Å²) in [5.41, 5.74) is 2.20. The normalized spacial score (nSPS) is 10.9. The van der Waals surface area contributed by atoms with E-state index in [1.807, 2.05) is 39.0 Å². The first-order chi connectivity index (χ1) is 9.52. The molecule has 0 atom stereocenters. The van der Waals surface area contributed by atoms with Crippen LogP contribution in [-0.2, 0) is 6.61 Å². The molecule has 106 valence electrons. The molecule has 0 spiro atoms. The number of hydrogen-bond acceptors (Lipinski definition) is 3. The van der Waals surface area contributed by atoms with Crippen molar-refractivity contribution in [2.24, 2.45) is 0 Å². The maximum absolute atomic E-state index is 14.0. The van der Waals surface area contributed by atoms with Gasteiger partial charge in [0, 0.05) is 11.8 Å². The van der Waals surface area contributed by atoms with E-state index in [0.717, 1.165) is 11.1 Å². The van der Waals surface area contributed by atoms with Crippen LogP contribution in [0.2, 0.25) is 0 Å². The lowest BCUT2D eigenvalue weighted by Crippen LogP contribution is -2.00. The Morgan fingerprint density at radius 1 is 1.30 bits per heavy atom. The van der Waals surface area contributed by atoms with Crippen LogP contribution in [0.3, 0.4) is 0 Å². The molecule has 20 heavy (non-hydrogen) atoms. The minimum Gasteiger partial charge on any atom is -0.436 e. The summed E-state index contributed by atoms with van der Waals surface area (Å²) < 4.78 is 19.7. The summed E-state index contributed by atoms with van der Waals surface area (Å²) in [5.74, 6) is 0.131. The van der Waals surface area contributed by atoms with Crippen LogP contribution in [0.5, 0.6) is 11.6 Å². The zero-order chi connectivity index (χ0) is 14.7. The van der Waals surface area contributed by atoms with E-state index in [0.29, 0.717) is 5.75 Å². The van der Waals surface area contributed by atoms with Crippen LogP contribution in [-0.4, -0.2) is 10.1 Å². The first kappa shape index (κ1) is 14.5. The van der Waals surface area contributed by atoms with Crippen molar-refractivity contribution in [1.29, 1.82) is 0 Å². The number of aliphatic hydroxyl groups excluding tert-OH is 1. The van der Waals surface area contributed by atoms with Crippen LogP contribution in [0.4, 0.5) is 4.39 Å². The second-order valence-corrected chi connectivity index (χ2v) is 5.05. The molecule has 2 rings (SSSR count). The molecule has 0 aliphatic rings. The predicted octanol–water partition coefficient (Wildman–Crippen LogP) is 3.94. The highest BCUT2D eigenvalue weighted by molar-refractivity contribution is 5.41. The second-order valence-electron chi connectivity index (χ2n) is 5.05. The van der Waals surface area contributed by atoms with Gasteiger partial charge in [0.15, 0.2) is 5.82 Å². The highest BCUT2D eigenvalue weighted by Gasteiger charge is 2.14. The molecule has 0 aliphatic heterocycles. The van der Waals surface area contributed by atoms with E-state index in [9.17, 15) is 4.39 Å². The SMILES string of the molecule is Cc1ccc(C(C)C)c(Oc2nccc(CO)c2F)c1. The van der Waals surface area contributed by atoms with Gasteiger partial charge in [-0.25, -0.2) is 9.37 Å². The summed E-state index contributed by atoms with van der Waals surface area (Å²) in [4.78, 5) is 3.90. The van der Waals surface area contributed by atoms with Gasteiger partial charge in [0.1, 0.15) is 5.75 Å². The molecular weight excluding hydrogens is 257 g/mol. The highest BCUT2D eigenvalue weighted by Crippen LogP contribution is 2.32. The fraction of sp³-hybridized carbons (Fsp3) is 0.312. The second kappa shape index (κ2) is 6.01. The molecule has 2 aromatic rings. The first-order valence-corrected chi connectivity index (χ1v) is 6.55. The summed E-state index contributed by atoms with van der Waals surface area (Å²) in [7, 11) is 0. The standard InChI is InChI=1S/C16H18FNO2/c1-10(2)13-5-4-11(3)8-14(13)20-16-15(17)12(9-19)6-7-18-16/h4-8,10,19H,9H2,1-3H3. The number of aliphatic hydroxyl groups is 1. The van der Waals surface area contributed by atoms with Crippen molar-refractivity contribution in [3.8, 4) is 11.6 Å². The monoisotopic (exact) mass is 275 g/mol. The molecule has 0 aliphatic carbocycles. The molecule has 0 amide bonds. The smallest absolute Gasteiger partial charge is 0.256 e. The molecule has 4 heteroatoms. The number of aromatic nitrogens is 1. The van der Waals surface area contributed by atoms with Crippen LogP contribution in [0.15, 0.2) is 30.5 Å². The van der Waals surface area contributed by atoms with Crippen molar-refractivity contribution >= 4 is 0 Å². The van der Waals surface area contributed by atoms with Crippen LogP contribution < -0.4 is 4.74 Å². The third-order valence-corrected chi connectivity index (χ3v) is 3.11. The summed E-state index contributed by atoms with van der Waals surface area (Å²) in [6, 6.07) is 7.27. The fourth-order valence-corrected chi connectivity index (χ4v) is 1.97. The van der Waals surface area contributed by atoms with Crippen LogP contribution in [0.25, 0.3) is 0 Å². The van der Waals surface area contributed by atoms with Crippen molar-refractivity contribution < 1.29 is 14.2 Å². The van der Waals surface area contributed by atoms with E-state index in [4.69, 9.17) is 9.84 Å². The minimum absolute atomic E-state index is 0.107. The lowest BCUT2D eigenvalue weighted by molar-refractivity contribution is 0.272. The molecule has 0 saturated heterocycles. The largest absolute Gasteiger partial charge is 0.436 e. The van der Waals surface area contributed by atoms with E-state index >= 15 is 0 Å². The Morgan fingerprint density at radius 3 is 2.70 bits per heavy atom. The van der Waals surface area contributed by atoms with Crippen LogP contribution in [0.1, 0.15) is 36.5 Å². The number of benzene rings is 1. The molecule has 1 N–H and O–H groups in total. The number of halogens is 1. The van der Waals surface area contributed by atoms with Gasteiger partial charge in [-0.2, -0.15) is 0 Å². The third-order valence-electron chi connectivity index (χ3n) is 3.11. The van der Waals surface area contributed by atoms with E-state index in [-0.39, 0.29) is 24.0 Å². The van der Waals surface area contributed by atoms with Crippen LogP contribution in [0, 0.1) is 12.7 Å². The lowest BCUT2D eigenvalue weighted by atomic mass is 10.0. The molecule has 0 fully saturated rings. The summed E-state index contributed by atoms with van der Waals surface area (Å²) in [6.07, 6.45) is 1.43. The van der Waals surface area contributed by atoms with Crippen molar-refractivity contribution in [1.82, 2.24) is 4.98 Å². The topological polar surface area (TPSA) is 42.4 Å². The van der Waals surface area contributed by atoms with Crippen molar-refractivity contribution in [2.75, 3.05) is 0 Å². The lowest BCUT2D eigenvalue weighted by Gasteiger charge is -2.14. The van der Waals surface area contributed by atoms with Gasteiger partial charge in [0.05, 0.1) is 6.61 Å². The number of nitrogens with zero attached hydrogens (tertiary/aromatic N) is 1. The molecule has 3 nitrogen and oxygen atoms in total. The molecule has 1 heterocycles. The van der Waals surface area contributed by atoms with Gasteiger partial charge in [-0.1, -0.05) is 26.0 Å². The van der Waals surface area contributed by atoms with E-state index in [2.05, 4.69) is 4.98 Å². The highest BCUT2D eigenvalue weighted by atomic mass is 19.1. The Kier molecular flexibility index (Phi) is 4.35. The van der Waals surface area contributed by atoms with Crippen LogP contribution >= 0.6 is 0 Å². The number of hydrogen-bond donors (Lipinski definition) is 1. The van der Waals surface area contributed by atoms with Crippen molar-refractivity contribution in [3.63, 3.8) is 0 Å². The molecule has 1 aromatic heterocycles. The van der Waals surface area contributed by atoms with Crippen molar-refractivity contribution in [3.05, 3.63) is 53.0 Å². The molecule has 1 aromatic carbocycles. The average Bonchev–Trinajstić information content (AvgIpc) is 2.41. The molecule has 0 unspecified atom stereocenters. The Hall–Kier alpha value is -1.94. The first-order valence-electron chi connectivity index (χ1n) is 6.55. The maximum atomic E-state index is 14.0. The molecule has 0 bridgehead atoms. The van der Waals surface area contributed by atoms with Gasteiger partial charge in [-0.3, -0.25) is 0 Å². The van der Waals surface area contributed by atoms with Gasteiger partial charge in [0.2, 0.25) is 0 Å². The maximum Gasteiger partial charge on any atom is 0.256 e. The number of ether oxygens (including phenoxy) is 1. The van der Waals surface area contributed by atoms with Crippen molar-refractivity contribution in [2.45, 2.75) is 33.3 Å². The zero-order valence-corrected chi connectivity index (χ0v) is 11.9. The predicted molar refractivity (Wildman–Crippen MR) is 75.5 cm³/mol. The number of aryl methyl sites for hydroxylation is 1. The Balaban J connectivity index is 2.42. The fourth-order valence-electron chi connectivity index (χ4n) is 1.97. The van der Waals surface area contributed by atoms with E-state index < -0.39 is 5.82 Å². The Bertz CT molecular complexity index is 611. The molecule has 0 saturated carbocycles. The van der Waals surface area contributed by atoms with Gasteiger partial charge in [-0.05, 0) is 36.1 Å². The Morgan fingerprint density at radius 2 is 2.05 bits per heavy atom.